The van der Waals surface area contributed by atoms with Crippen molar-refractivity contribution in [1.29, 1.82) is 0 Å². The summed E-state index contributed by atoms with van der Waals surface area (Å²) in [7, 11) is 0. The minimum Gasteiger partial charge on any atom is -0.512 e. The first-order valence-electron chi connectivity index (χ1n) is 32.0. The summed E-state index contributed by atoms with van der Waals surface area (Å²) >= 11 is 0. The quantitative estimate of drug-likeness (QED) is 0.0872. The zero-order valence-electron chi connectivity index (χ0n) is 58.3. The number of hydrogen-bond acceptors (Lipinski definition) is 7. The molecule has 1 N–H and O–H groups in total. The van der Waals surface area contributed by atoms with Crippen LogP contribution in [0.4, 0.5) is 0 Å². The second-order valence-corrected chi connectivity index (χ2v) is 21.1. The van der Waals surface area contributed by atoms with Gasteiger partial charge in [-0.2, -0.15) is 0 Å². The number of aryl methyl sites for hydroxylation is 6. The number of aliphatic hydroxyl groups is 1. The van der Waals surface area contributed by atoms with Gasteiger partial charge in [-0.3, -0.25) is 4.79 Å². The fourth-order valence-corrected chi connectivity index (χ4v) is 9.44. The van der Waals surface area contributed by atoms with Crippen molar-refractivity contribution >= 4 is 5.78 Å². The van der Waals surface area contributed by atoms with Crippen molar-refractivity contribution in [3.8, 4) is 89.7 Å². The number of aromatic nitrogens is 5. The topological polar surface area (TPSA) is 102 Å². The standard InChI is InChI=1S/C19H16N.2C18H14N.2C12H10N.C5H8O2.3Ir/c1-14-10-15(2)12-18(11-14)17-8-9-20-19(13-17)16-6-4-3-5-7-16;2*1-14-12-18(16-10-6-3-7-11-16)19-13-17(14)15-8-4-2-5-9-15;1-10-6-2-3-7-11(10)12-8-4-5-9-13-12;1-10-6-5-9-13-12(10)11-7-3-2-4-8-11;1-4(6)3-5(2)7;;;/h3-6,8-13H,1-2H3;2*2-10,12-13H,1H3;2-6,8-9H,1H3;2-7,9H,1H3;3,6H,1-2H3;;;/q5*-1;;;;/i;2D,4D,5D,8D,9D;;;;;;;. The Morgan fingerprint density at radius 2 is 0.872 bits per heavy atom. The first-order chi connectivity index (χ1) is 46.4. The summed E-state index contributed by atoms with van der Waals surface area (Å²) in [4.78, 5) is 32.0. The van der Waals surface area contributed by atoms with Crippen molar-refractivity contribution in [1.82, 2.24) is 24.9 Å². The molecule has 3 radical (unpaired) electrons. The summed E-state index contributed by atoms with van der Waals surface area (Å²) in [6.07, 6.45) is 10.1. The van der Waals surface area contributed by atoms with Gasteiger partial charge in [-0.05, 0) is 129 Å². The predicted molar refractivity (Wildman–Crippen MR) is 374 cm³/mol. The first kappa shape index (κ1) is 67.6. The van der Waals surface area contributed by atoms with E-state index in [0.717, 1.165) is 61.9 Å². The van der Waals surface area contributed by atoms with Gasteiger partial charge in [0.2, 0.25) is 0 Å². The fraction of sp³-hybridized carbons (Fsp3) is 0.0952. The molecule has 5 heterocycles. The summed E-state index contributed by atoms with van der Waals surface area (Å²) in [6.45, 7) is 15.2. The largest absolute Gasteiger partial charge is 0.512 e. The van der Waals surface area contributed by atoms with Gasteiger partial charge in [0.05, 0.1) is 12.6 Å². The van der Waals surface area contributed by atoms with Crippen LogP contribution in [0.2, 0.25) is 0 Å². The first-order valence-corrected chi connectivity index (χ1v) is 29.5. The molecule has 0 spiro atoms. The molecule has 5 aromatic heterocycles. The SMILES string of the molecule is CC(=O)C=C(C)O.Cc1cc(-c2[c-]cccc2)ncc1-c1ccccc1.Cc1cc(C)cc(-c2ccnc(-c3[c-]cccc3)c2)c1.Cc1ccc[c-]c1-c1ccccn1.Cc1cccnc1-c1[c-]cccc1.[2H]c1c([2H])c([2H])c(-c2cnc(-c3[c-]cccc3)cc2C)c([2H])c1[2H].[Ir].[Ir].[Ir]. The van der Waals surface area contributed by atoms with Crippen molar-refractivity contribution < 1.29 is 77.1 Å². The third-order valence-corrected chi connectivity index (χ3v) is 13.7. The van der Waals surface area contributed by atoms with Gasteiger partial charge in [0.15, 0.2) is 5.78 Å². The van der Waals surface area contributed by atoms with Gasteiger partial charge in [-0.15, -0.1) is 179 Å². The third-order valence-electron chi connectivity index (χ3n) is 13.7. The van der Waals surface area contributed by atoms with Crippen LogP contribution in [0.1, 0.15) is 54.1 Å². The van der Waals surface area contributed by atoms with Crippen LogP contribution in [0.3, 0.4) is 0 Å². The van der Waals surface area contributed by atoms with Crippen LogP contribution in [0.15, 0.2) is 291 Å². The van der Waals surface area contributed by atoms with E-state index >= 15 is 0 Å². The molecule has 0 fully saturated rings. The summed E-state index contributed by atoms with van der Waals surface area (Å²) in [5.74, 6) is -0.0625. The van der Waals surface area contributed by atoms with E-state index in [-0.39, 0.29) is 102 Å². The molecular formula is C84H72Ir3N5O2-5. The molecule has 7 nitrogen and oxygen atoms in total. The van der Waals surface area contributed by atoms with E-state index in [1.54, 1.807) is 18.5 Å². The van der Waals surface area contributed by atoms with Crippen LogP contribution < -0.4 is 0 Å². The maximum Gasteiger partial charge on any atom is 0.155 e. The van der Waals surface area contributed by atoms with E-state index in [2.05, 4.69) is 151 Å². The summed E-state index contributed by atoms with van der Waals surface area (Å²) in [5, 5.41) is 8.36. The molecule has 0 aliphatic rings. The Morgan fingerprint density at radius 1 is 0.394 bits per heavy atom. The van der Waals surface area contributed by atoms with Crippen LogP contribution >= 0.6 is 0 Å². The number of nitrogens with zero attached hydrogens (tertiary/aromatic N) is 5. The predicted octanol–water partition coefficient (Wildman–Crippen LogP) is 20.6. The molecule has 94 heavy (non-hydrogen) atoms. The average Bonchev–Trinajstić information content (AvgIpc) is 0.769. The second-order valence-electron chi connectivity index (χ2n) is 21.1. The number of rotatable bonds is 9. The summed E-state index contributed by atoms with van der Waals surface area (Å²) in [5.41, 5.74) is 22.2. The molecule has 0 bridgehead atoms. The minimum absolute atomic E-state index is 0. The maximum atomic E-state index is 10.0. The molecule has 0 atom stereocenters. The third kappa shape index (κ3) is 23.7. The van der Waals surface area contributed by atoms with Crippen LogP contribution in [0.25, 0.3) is 89.7 Å². The molecule has 477 valence electrons. The van der Waals surface area contributed by atoms with Gasteiger partial charge in [-0.25, -0.2) is 0 Å². The number of allylic oxidation sites excluding steroid dienone is 2. The minimum atomic E-state index is -0.394. The number of pyridine rings is 5. The number of carbonyl (C=O) groups excluding carboxylic acids is 1. The fourth-order valence-electron chi connectivity index (χ4n) is 9.44. The van der Waals surface area contributed by atoms with Gasteiger partial charge in [0.1, 0.15) is 0 Å². The van der Waals surface area contributed by atoms with Gasteiger partial charge in [0.25, 0.3) is 0 Å². The molecule has 0 aliphatic carbocycles. The molecular weight excluding hydrogens is 1690 g/mol. The Kier molecular flexibility index (Phi) is 28.7. The Hall–Kier alpha value is -9.33. The van der Waals surface area contributed by atoms with Gasteiger partial charge < -0.3 is 30.0 Å². The maximum absolute atomic E-state index is 10.0. The Morgan fingerprint density at radius 3 is 1.34 bits per heavy atom. The molecule has 0 aliphatic heterocycles. The molecule has 13 aromatic rings. The summed E-state index contributed by atoms with van der Waals surface area (Å²) < 4.78 is 39.4. The van der Waals surface area contributed by atoms with Crippen molar-refractivity contribution in [2.24, 2.45) is 0 Å². The molecule has 0 amide bonds. The van der Waals surface area contributed by atoms with Crippen LogP contribution in [-0.4, -0.2) is 35.8 Å². The van der Waals surface area contributed by atoms with E-state index in [1.807, 2.05) is 177 Å². The Bertz CT molecular complexity index is 4580. The van der Waals surface area contributed by atoms with Gasteiger partial charge in [0, 0.05) is 109 Å². The number of carbonyl (C=O) groups is 1. The van der Waals surface area contributed by atoms with Gasteiger partial charge >= 0.3 is 0 Å². The van der Waals surface area contributed by atoms with Crippen molar-refractivity contribution in [3.05, 3.63) is 355 Å². The van der Waals surface area contributed by atoms with E-state index in [9.17, 15) is 4.79 Å². The second kappa shape index (κ2) is 39.9. The number of aliphatic hydroxyl groups excluding tert-OH is 1. The van der Waals surface area contributed by atoms with E-state index in [1.165, 1.54) is 70.0 Å². The van der Waals surface area contributed by atoms with E-state index in [0.29, 0.717) is 5.56 Å². The monoisotopic (exact) mass is 1770 g/mol. The Balaban J connectivity index is 0.000000219. The Labute approximate surface area is 603 Å². The van der Waals surface area contributed by atoms with Crippen molar-refractivity contribution in [2.75, 3.05) is 0 Å². The van der Waals surface area contributed by atoms with Crippen LogP contribution in [-0.2, 0) is 65.1 Å². The number of benzene rings is 8. The van der Waals surface area contributed by atoms with Crippen molar-refractivity contribution in [2.45, 2.75) is 55.4 Å². The smallest absolute Gasteiger partial charge is 0.155 e. The molecule has 0 saturated carbocycles. The normalized spacial score (nSPS) is 10.8. The zero-order chi connectivity index (χ0) is 68.5. The molecule has 10 heteroatoms. The van der Waals surface area contributed by atoms with E-state index in [4.69, 9.17) is 12.0 Å². The number of ketones is 1. The average molecular weight is 1770 g/mol. The number of hydrogen-bond donors (Lipinski definition) is 1. The molecule has 8 aromatic carbocycles. The van der Waals surface area contributed by atoms with Gasteiger partial charge in [-0.1, -0.05) is 139 Å². The van der Waals surface area contributed by atoms with Crippen molar-refractivity contribution in [3.63, 3.8) is 0 Å². The van der Waals surface area contributed by atoms with Crippen LogP contribution in [0.5, 0.6) is 0 Å². The van der Waals surface area contributed by atoms with Crippen LogP contribution in [0, 0.1) is 71.9 Å². The van der Waals surface area contributed by atoms with E-state index < -0.39 is 6.04 Å². The summed E-state index contributed by atoms with van der Waals surface area (Å²) in [6, 6.07) is 86.6. The molecule has 0 saturated heterocycles. The molecule has 13 rings (SSSR count). The molecule has 0 unspecified atom stereocenters. The zero-order valence-corrected chi connectivity index (χ0v) is 60.5.